The van der Waals surface area contributed by atoms with Gasteiger partial charge in [0.25, 0.3) is 0 Å². The number of hydrogen-bond acceptors (Lipinski definition) is 10. The van der Waals surface area contributed by atoms with Crippen LogP contribution in [-0.2, 0) is 48.3 Å². The van der Waals surface area contributed by atoms with Crippen molar-refractivity contribution in [3.8, 4) is 0 Å². The van der Waals surface area contributed by atoms with Crippen LogP contribution in [0.3, 0.4) is 0 Å². The quantitative estimate of drug-likeness (QED) is 0.326. The molecular weight excluding hydrogens is 487 g/mol. The zero-order valence-corrected chi connectivity index (χ0v) is 18.7. The van der Waals surface area contributed by atoms with Crippen LogP contribution in [0.4, 0.5) is 13.2 Å². The number of carbonyl (C=O) groups excluding carboxylic acids is 2. The molecule has 0 amide bonds. The summed E-state index contributed by atoms with van der Waals surface area (Å²) in [6.07, 6.45) is 2.09. The molecule has 0 aromatic carbocycles. The van der Waals surface area contributed by atoms with Crippen LogP contribution in [0.2, 0.25) is 0 Å². The third-order valence-electron chi connectivity index (χ3n) is 4.92. The highest BCUT2D eigenvalue weighted by atomic mass is 32.3. The molecule has 0 bridgehead atoms. The molecule has 1 N–H and O–H groups in total. The molecule has 1 saturated heterocycles. The highest BCUT2D eigenvalue weighted by Crippen LogP contribution is 2.33. The molecule has 32 heavy (non-hydrogen) atoms. The van der Waals surface area contributed by atoms with Crippen LogP contribution in [0.1, 0.15) is 32.6 Å². The Morgan fingerprint density at radius 3 is 2.00 bits per heavy atom. The molecule has 1 aliphatic heterocycles. The Morgan fingerprint density at radius 1 is 1.00 bits per heavy atom. The molecule has 2 atom stereocenters. The summed E-state index contributed by atoms with van der Waals surface area (Å²) in [6.45, 7) is 1.31. The van der Waals surface area contributed by atoms with Crippen molar-refractivity contribution < 1.29 is 58.0 Å². The van der Waals surface area contributed by atoms with Gasteiger partial charge >= 0.3 is 37.8 Å². The highest BCUT2D eigenvalue weighted by molar-refractivity contribution is 8.03. The highest BCUT2D eigenvalue weighted by Gasteiger charge is 2.48. The lowest BCUT2D eigenvalue weighted by atomic mass is 9.79. The number of esters is 2. The molecule has 2 fully saturated rings. The largest absolute Gasteiger partial charge is 0.512 e. The molecule has 186 valence electrons. The number of hydrogen-bond donors (Lipinski definition) is 1. The molecule has 2 rings (SSSR count). The minimum absolute atomic E-state index is 0.142. The molecule has 1 aliphatic carbocycles. The summed E-state index contributed by atoms with van der Waals surface area (Å²) < 4.78 is 101. The fourth-order valence-electron chi connectivity index (χ4n) is 3.18. The SMILES string of the molecule is CC1(COC(=O)C2CCCCC2C(=O)OCCOS(=O)(=O)NS(=O)(=O)C(F)(F)F)COC1. The minimum Gasteiger partial charge on any atom is -0.465 e. The second-order valence-electron chi connectivity index (χ2n) is 7.88. The molecule has 0 aromatic heterocycles. The summed E-state index contributed by atoms with van der Waals surface area (Å²) in [5.74, 6) is -2.95. The van der Waals surface area contributed by atoms with Crippen LogP contribution in [0, 0.1) is 17.3 Å². The van der Waals surface area contributed by atoms with E-state index in [1.165, 1.54) is 0 Å². The van der Waals surface area contributed by atoms with E-state index in [1.807, 2.05) is 6.92 Å². The van der Waals surface area contributed by atoms with Crippen LogP contribution in [0.25, 0.3) is 0 Å². The monoisotopic (exact) mass is 511 g/mol. The van der Waals surface area contributed by atoms with E-state index >= 15 is 0 Å². The van der Waals surface area contributed by atoms with Crippen LogP contribution >= 0.6 is 0 Å². The van der Waals surface area contributed by atoms with E-state index in [-0.39, 0.29) is 12.0 Å². The van der Waals surface area contributed by atoms with Crippen molar-refractivity contribution in [3.63, 3.8) is 0 Å². The summed E-state index contributed by atoms with van der Waals surface area (Å²) >= 11 is 0. The predicted molar refractivity (Wildman–Crippen MR) is 99.3 cm³/mol. The summed E-state index contributed by atoms with van der Waals surface area (Å²) in [5.41, 5.74) is -6.12. The molecule has 11 nitrogen and oxygen atoms in total. The zero-order chi connectivity index (χ0) is 24.2. The lowest BCUT2D eigenvalue weighted by molar-refractivity contribution is -0.175. The van der Waals surface area contributed by atoms with Crippen LogP contribution in [0.5, 0.6) is 0 Å². The van der Waals surface area contributed by atoms with E-state index < -0.39 is 62.8 Å². The molecule has 0 spiro atoms. The van der Waals surface area contributed by atoms with Crippen LogP contribution in [-0.4, -0.2) is 67.3 Å². The zero-order valence-electron chi connectivity index (χ0n) is 17.1. The number of rotatable bonds is 10. The maximum absolute atomic E-state index is 12.4. The van der Waals surface area contributed by atoms with E-state index in [1.54, 1.807) is 0 Å². The van der Waals surface area contributed by atoms with Gasteiger partial charge in [0.15, 0.2) is 0 Å². The van der Waals surface area contributed by atoms with Gasteiger partial charge in [-0.25, -0.2) is 8.42 Å². The van der Waals surface area contributed by atoms with Gasteiger partial charge in [0, 0.05) is 5.41 Å². The van der Waals surface area contributed by atoms with Gasteiger partial charge in [0.2, 0.25) is 0 Å². The van der Waals surface area contributed by atoms with Gasteiger partial charge in [0.1, 0.15) is 19.8 Å². The van der Waals surface area contributed by atoms with Crippen molar-refractivity contribution in [1.82, 2.24) is 4.13 Å². The Labute approximate surface area is 183 Å². The van der Waals surface area contributed by atoms with Crippen molar-refractivity contribution in [2.75, 3.05) is 33.0 Å². The fourth-order valence-corrected chi connectivity index (χ4v) is 5.11. The van der Waals surface area contributed by atoms with E-state index in [0.717, 1.165) is 0 Å². The van der Waals surface area contributed by atoms with Crippen molar-refractivity contribution in [2.45, 2.75) is 38.1 Å². The fraction of sp³-hybridized carbons (Fsp3) is 0.875. The number of nitrogens with one attached hydrogen (secondary N) is 1. The summed E-state index contributed by atoms with van der Waals surface area (Å²) in [4.78, 5) is 24.8. The van der Waals surface area contributed by atoms with Crippen molar-refractivity contribution in [1.29, 1.82) is 0 Å². The van der Waals surface area contributed by atoms with Gasteiger partial charge in [0.05, 0.1) is 25.0 Å². The second-order valence-corrected chi connectivity index (χ2v) is 11.2. The Balaban J connectivity index is 1.82. The third kappa shape index (κ3) is 7.26. The first-order valence-corrected chi connectivity index (χ1v) is 12.5. The molecular formula is C16H24F3NO10S2. The van der Waals surface area contributed by atoms with Gasteiger partial charge in [-0.05, 0) is 12.8 Å². The normalized spacial score (nSPS) is 23.8. The lowest BCUT2D eigenvalue weighted by Gasteiger charge is -2.38. The van der Waals surface area contributed by atoms with E-state index in [9.17, 15) is 39.6 Å². The smallest absolute Gasteiger partial charge is 0.465 e. The van der Waals surface area contributed by atoms with Crippen LogP contribution in [0.15, 0.2) is 0 Å². The molecule has 1 saturated carbocycles. The Kier molecular flexibility index (Phi) is 8.52. The summed E-state index contributed by atoms with van der Waals surface area (Å²) in [5, 5.41) is 0. The topological polar surface area (TPSA) is 151 Å². The number of halogens is 3. The van der Waals surface area contributed by atoms with Gasteiger partial charge < -0.3 is 14.2 Å². The van der Waals surface area contributed by atoms with Gasteiger partial charge in [-0.1, -0.05) is 23.9 Å². The number of carbonyl (C=O) groups is 2. The van der Waals surface area contributed by atoms with Crippen molar-refractivity contribution in [3.05, 3.63) is 0 Å². The molecule has 2 unspecified atom stereocenters. The van der Waals surface area contributed by atoms with E-state index in [0.29, 0.717) is 43.0 Å². The second kappa shape index (κ2) is 10.2. The molecule has 1 heterocycles. The predicted octanol–water partition coefficient (Wildman–Crippen LogP) is 0.616. The third-order valence-corrected chi connectivity index (χ3v) is 7.70. The van der Waals surface area contributed by atoms with E-state index in [2.05, 4.69) is 4.18 Å². The van der Waals surface area contributed by atoms with Crippen LogP contribution < -0.4 is 4.13 Å². The van der Waals surface area contributed by atoms with E-state index in [4.69, 9.17) is 14.2 Å². The summed E-state index contributed by atoms with van der Waals surface area (Å²) in [7, 11) is -11.5. The molecule has 2 aliphatic rings. The first-order valence-electron chi connectivity index (χ1n) is 9.56. The first-order chi connectivity index (χ1) is 14.7. The van der Waals surface area contributed by atoms with Gasteiger partial charge in [-0.15, -0.1) is 0 Å². The number of alkyl halides is 3. The lowest BCUT2D eigenvalue weighted by Crippen LogP contribution is -2.45. The Morgan fingerprint density at radius 2 is 1.53 bits per heavy atom. The molecule has 0 radical (unpaired) electrons. The number of sulfonamides is 1. The standard InChI is InChI=1S/C16H24F3NO10S2/c1-15(8-27-9-15)10-29-14(22)12-5-3-2-4-11(12)13(21)28-6-7-30-32(25,26)20-31(23,24)16(17,18)19/h11-12,20H,2-10H2,1H3. The summed E-state index contributed by atoms with van der Waals surface area (Å²) in [6, 6.07) is 0. The average molecular weight is 511 g/mol. The minimum atomic E-state index is -6.19. The first kappa shape index (κ1) is 26.8. The molecule has 0 aromatic rings. The molecule has 16 heteroatoms. The Bertz CT molecular complexity index is 900. The van der Waals surface area contributed by atoms with Crippen molar-refractivity contribution in [2.24, 2.45) is 17.3 Å². The van der Waals surface area contributed by atoms with Gasteiger partial charge in [-0.3, -0.25) is 13.8 Å². The van der Waals surface area contributed by atoms with Crippen molar-refractivity contribution >= 4 is 32.3 Å². The maximum Gasteiger partial charge on any atom is 0.512 e. The average Bonchev–Trinajstić information content (AvgIpc) is 2.66. The maximum atomic E-state index is 12.4. The van der Waals surface area contributed by atoms with Gasteiger partial charge in [-0.2, -0.15) is 21.6 Å². The Hall–Kier alpha value is -1.49. The number of ether oxygens (including phenoxy) is 3.